The predicted molar refractivity (Wildman–Crippen MR) is 74.4 cm³/mol. The van der Waals surface area contributed by atoms with Crippen molar-refractivity contribution in [1.29, 1.82) is 0 Å². The lowest BCUT2D eigenvalue weighted by Crippen LogP contribution is -2.03. The van der Waals surface area contributed by atoms with Gasteiger partial charge < -0.3 is 4.74 Å². The van der Waals surface area contributed by atoms with Crippen molar-refractivity contribution in [3.63, 3.8) is 0 Å². The van der Waals surface area contributed by atoms with Gasteiger partial charge in [0.15, 0.2) is 0 Å². The van der Waals surface area contributed by atoms with Crippen molar-refractivity contribution in [1.82, 2.24) is 9.78 Å². The van der Waals surface area contributed by atoms with E-state index in [-0.39, 0.29) is 11.5 Å². The molecule has 2 aromatic rings. The topological polar surface area (TPSA) is 44.1 Å². The second kappa shape index (κ2) is 6.30. The van der Waals surface area contributed by atoms with E-state index in [0.717, 1.165) is 5.69 Å². The third kappa shape index (κ3) is 3.98. The highest BCUT2D eigenvalue weighted by atomic mass is 19.3. The van der Waals surface area contributed by atoms with Crippen molar-refractivity contribution < 1.29 is 18.3 Å². The van der Waals surface area contributed by atoms with Gasteiger partial charge in [-0.1, -0.05) is 18.2 Å². The summed E-state index contributed by atoms with van der Waals surface area (Å²) >= 11 is 0. The zero-order chi connectivity index (χ0) is 15.4. The fourth-order valence-electron chi connectivity index (χ4n) is 1.86. The van der Waals surface area contributed by atoms with Gasteiger partial charge in [-0.15, -0.1) is 0 Å². The summed E-state index contributed by atoms with van der Waals surface area (Å²) in [7, 11) is 1.70. The maximum atomic E-state index is 12.0. The van der Waals surface area contributed by atoms with Crippen LogP contribution in [0.15, 0.2) is 36.4 Å². The van der Waals surface area contributed by atoms with Crippen LogP contribution in [0.2, 0.25) is 0 Å². The average Bonchev–Trinajstić information content (AvgIpc) is 2.76. The van der Waals surface area contributed by atoms with Crippen LogP contribution in [-0.4, -0.2) is 22.2 Å². The molecule has 6 heteroatoms. The molecule has 0 radical (unpaired) electrons. The number of hydrogen-bond acceptors (Lipinski definition) is 3. The summed E-state index contributed by atoms with van der Waals surface area (Å²) in [4.78, 5) is 12.0. The van der Waals surface area contributed by atoms with Crippen molar-refractivity contribution in [2.24, 2.45) is 7.05 Å². The summed E-state index contributed by atoms with van der Waals surface area (Å²) in [6, 6.07) is 7.73. The third-order valence-corrected chi connectivity index (χ3v) is 2.79. The summed E-state index contributed by atoms with van der Waals surface area (Å²) in [5.41, 5.74) is 1.97. The van der Waals surface area contributed by atoms with Crippen LogP contribution < -0.4 is 4.74 Å². The number of allylic oxidation sites excluding steroid dienone is 1. The summed E-state index contributed by atoms with van der Waals surface area (Å²) in [5.74, 6) is -0.0956. The van der Waals surface area contributed by atoms with Crippen LogP contribution in [-0.2, 0) is 7.05 Å². The molecule has 110 valence electrons. The first kappa shape index (κ1) is 14.9. The molecule has 0 amide bonds. The van der Waals surface area contributed by atoms with Gasteiger partial charge in [-0.05, 0) is 36.8 Å². The Labute approximate surface area is 120 Å². The van der Waals surface area contributed by atoms with E-state index in [1.165, 1.54) is 22.9 Å². The fraction of sp³-hybridized carbons (Fsp3) is 0.200. The molecule has 1 aromatic carbocycles. The molecular weight excluding hydrogens is 278 g/mol. The Bertz CT molecular complexity index is 661. The maximum Gasteiger partial charge on any atom is 0.387 e. The second-order valence-corrected chi connectivity index (χ2v) is 4.44. The van der Waals surface area contributed by atoms with Crippen LogP contribution in [0.5, 0.6) is 5.75 Å². The third-order valence-electron chi connectivity index (χ3n) is 2.79. The highest BCUT2D eigenvalue weighted by Gasteiger charge is 2.08. The molecule has 4 nitrogen and oxygen atoms in total. The first-order chi connectivity index (χ1) is 9.95. The number of hydrogen-bond donors (Lipinski definition) is 0. The van der Waals surface area contributed by atoms with Crippen molar-refractivity contribution in [2.75, 3.05) is 0 Å². The van der Waals surface area contributed by atoms with Gasteiger partial charge in [0.25, 0.3) is 0 Å². The number of carbonyl (C=O) groups is 1. The monoisotopic (exact) mass is 292 g/mol. The number of aromatic nitrogens is 2. The molecule has 0 aliphatic rings. The molecule has 21 heavy (non-hydrogen) atoms. The van der Waals surface area contributed by atoms with Crippen LogP contribution in [0.4, 0.5) is 8.78 Å². The lowest BCUT2D eigenvalue weighted by atomic mass is 10.1. The lowest BCUT2D eigenvalue weighted by Gasteiger charge is -2.03. The smallest absolute Gasteiger partial charge is 0.387 e. The van der Waals surface area contributed by atoms with Crippen molar-refractivity contribution in [2.45, 2.75) is 13.5 Å². The second-order valence-electron chi connectivity index (χ2n) is 4.44. The van der Waals surface area contributed by atoms with E-state index in [2.05, 4.69) is 9.84 Å². The normalized spacial score (nSPS) is 11.3. The minimum Gasteiger partial charge on any atom is -0.435 e. The number of alkyl halides is 2. The fourth-order valence-corrected chi connectivity index (χ4v) is 1.86. The quantitative estimate of drug-likeness (QED) is 0.628. The van der Waals surface area contributed by atoms with E-state index in [4.69, 9.17) is 0 Å². The molecule has 0 aliphatic carbocycles. The van der Waals surface area contributed by atoms with E-state index in [1.807, 2.05) is 6.92 Å². The minimum atomic E-state index is -2.85. The minimum absolute atomic E-state index is 0.0794. The van der Waals surface area contributed by atoms with Gasteiger partial charge in [0.2, 0.25) is 5.78 Å². The van der Waals surface area contributed by atoms with Crippen molar-refractivity contribution in [3.05, 3.63) is 53.4 Å². The molecule has 0 spiro atoms. The van der Waals surface area contributed by atoms with E-state index in [0.29, 0.717) is 11.3 Å². The van der Waals surface area contributed by atoms with E-state index in [9.17, 15) is 13.6 Å². The Morgan fingerprint density at radius 3 is 2.52 bits per heavy atom. The number of benzene rings is 1. The molecule has 0 unspecified atom stereocenters. The first-order valence-corrected chi connectivity index (χ1v) is 6.23. The summed E-state index contributed by atoms with van der Waals surface area (Å²) in [5, 5.41) is 4.10. The van der Waals surface area contributed by atoms with Gasteiger partial charge in [-0.3, -0.25) is 9.48 Å². The number of carbonyl (C=O) groups excluding carboxylic acids is 1. The number of nitrogens with zero attached hydrogens (tertiary/aromatic N) is 2. The highest BCUT2D eigenvalue weighted by molar-refractivity contribution is 6.05. The molecule has 0 bridgehead atoms. The SMILES string of the molecule is Cc1cc(C(=O)/C=C/c2ccc(OC(F)F)cc2)n(C)n1. The van der Waals surface area contributed by atoms with Gasteiger partial charge in [0.1, 0.15) is 11.4 Å². The standard InChI is InChI=1S/C15H14F2N2O2/c1-10-9-13(19(2)18-10)14(20)8-5-11-3-6-12(7-4-11)21-15(16)17/h3-9,15H,1-2H3/b8-5+. The van der Waals surface area contributed by atoms with Crippen LogP contribution in [0.3, 0.4) is 0 Å². The molecule has 0 saturated carbocycles. The predicted octanol–water partition coefficient (Wildman–Crippen LogP) is 3.23. The molecule has 0 saturated heterocycles. The van der Waals surface area contributed by atoms with Gasteiger partial charge >= 0.3 is 6.61 Å². The number of halogens is 2. The van der Waals surface area contributed by atoms with E-state index >= 15 is 0 Å². The molecular formula is C15H14F2N2O2. The Balaban J connectivity index is 2.07. The molecule has 0 atom stereocenters. The Morgan fingerprint density at radius 1 is 1.33 bits per heavy atom. The molecule has 1 heterocycles. The Hall–Kier alpha value is -2.50. The molecule has 1 aromatic heterocycles. The van der Waals surface area contributed by atoms with Gasteiger partial charge in [0, 0.05) is 7.05 Å². The molecule has 0 N–H and O–H groups in total. The molecule has 2 rings (SSSR count). The number of ketones is 1. The number of aryl methyl sites for hydroxylation is 2. The molecule has 0 fully saturated rings. The van der Waals surface area contributed by atoms with Crippen LogP contribution in [0, 0.1) is 6.92 Å². The average molecular weight is 292 g/mol. The highest BCUT2D eigenvalue weighted by Crippen LogP contribution is 2.16. The first-order valence-electron chi connectivity index (χ1n) is 6.23. The maximum absolute atomic E-state index is 12.0. The van der Waals surface area contributed by atoms with Crippen LogP contribution in [0.1, 0.15) is 21.7 Å². The zero-order valence-electron chi connectivity index (χ0n) is 11.6. The van der Waals surface area contributed by atoms with E-state index < -0.39 is 6.61 Å². The lowest BCUT2D eigenvalue weighted by molar-refractivity contribution is -0.0498. The largest absolute Gasteiger partial charge is 0.435 e. The number of ether oxygens (including phenoxy) is 1. The van der Waals surface area contributed by atoms with Gasteiger partial charge in [-0.25, -0.2) is 0 Å². The van der Waals surface area contributed by atoms with Gasteiger partial charge in [0.05, 0.1) is 5.69 Å². The molecule has 0 aliphatic heterocycles. The summed E-state index contributed by atoms with van der Waals surface area (Å²) in [6.07, 6.45) is 3.02. The zero-order valence-corrected chi connectivity index (χ0v) is 11.6. The summed E-state index contributed by atoms with van der Waals surface area (Å²) in [6.45, 7) is -1.04. The Kier molecular flexibility index (Phi) is 4.47. The van der Waals surface area contributed by atoms with E-state index in [1.54, 1.807) is 31.3 Å². The van der Waals surface area contributed by atoms with Crippen molar-refractivity contribution >= 4 is 11.9 Å². The van der Waals surface area contributed by atoms with Gasteiger partial charge in [-0.2, -0.15) is 13.9 Å². The van der Waals surface area contributed by atoms with Crippen LogP contribution in [0.25, 0.3) is 6.08 Å². The summed E-state index contributed by atoms with van der Waals surface area (Å²) < 4.78 is 29.8. The van der Waals surface area contributed by atoms with Crippen molar-refractivity contribution in [3.8, 4) is 5.75 Å². The number of rotatable bonds is 5. The Morgan fingerprint density at radius 2 is 2.00 bits per heavy atom. The van der Waals surface area contributed by atoms with Crippen LogP contribution >= 0.6 is 0 Å².